The topological polar surface area (TPSA) is 57.6 Å². The molecule has 2 aliphatic rings. The first kappa shape index (κ1) is 10.8. The second-order valence-electron chi connectivity index (χ2n) is 4.85. The number of carboxylic acid groups (broad SMARTS) is 1. The summed E-state index contributed by atoms with van der Waals surface area (Å²) in [5.74, 6) is -0.928. The maximum Gasteiger partial charge on any atom is 0.326 e. The van der Waals surface area contributed by atoms with E-state index < -0.39 is 17.6 Å². The first-order chi connectivity index (χ1) is 8.04. The molecule has 1 amide bonds. The summed E-state index contributed by atoms with van der Waals surface area (Å²) in [6.07, 6.45) is 1.62. The van der Waals surface area contributed by atoms with Crippen LogP contribution in [-0.2, 0) is 21.5 Å². The molecule has 1 aromatic rings. The number of carbonyl (C=O) groups is 2. The number of amides is 1. The minimum absolute atomic E-state index is 0.0308. The summed E-state index contributed by atoms with van der Waals surface area (Å²) in [6.45, 7) is 1.98. The van der Waals surface area contributed by atoms with Crippen molar-refractivity contribution < 1.29 is 14.7 Å². The number of aliphatic carboxylic acids is 1. The van der Waals surface area contributed by atoms with Gasteiger partial charge in [-0.2, -0.15) is 0 Å². The van der Waals surface area contributed by atoms with Crippen molar-refractivity contribution >= 4 is 23.2 Å². The number of rotatable bonds is 1. The van der Waals surface area contributed by atoms with Gasteiger partial charge in [0.05, 0.1) is 5.54 Å². The summed E-state index contributed by atoms with van der Waals surface area (Å²) >= 11 is 1.59. The Morgan fingerprint density at radius 3 is 3.12 bits per heavy atom. The molecule has 2 aliphatic heterocycles. The fourth-order valence-electron chi connectivity index (χ4n) is 3.09. The average Bonchev–Trinajstić information content (AvgIpc) is 2.83. The van der Waals surface area contributed by atoms with E-state index in [9.17, 15) is 14.7 Å². The second kappa shape index (κ2) is 3.32. The lowest BCUT2D eigenvalue weighted by Gasteiger charge is -2.43. The lowest BCUT2D eigenvalue weighted by Crippen LogP contribution is -2.55. The van der Waals surface area contributed by atoms with Crippen LogP contribution >= 0.6 is 11.3 Å². The van der Waals surface area contributed by atoms with Gasteiger partial charge in [-0.25, -0.2) is 4.79 Å². The Morgan fingerprint density at radius 1 is 1.65 bits per heavy atom. The summed E-state index contributed by atoms with van der Waals surface area (Å²) in [5, 5.41) is 11.3. The van der Waals surface area contributed by atoms with E-state index in [0.717, 1.165) is 16.9 Å². The van der Waals surface area contributed by atoms with Gasteiger partial charge in [0, 0.05) is 17.7 Å². The van der Waals surface area contributed by atoms with Gasteiger partial charge < -0.3 is 10.0 Å². The third-order valence-electron chi connectivity index (χ3n) is 3.93. The van der Waals surface area contributed by atoms with Crippen LogP contribution in [0.1, 0.15) is 30.2 Å². The number of nitrogens with zero attached hydrogens (tertiary/aromatic N) is 1. The van der Waals surface area contributed by atoms with E-state index in [1.165, 1.54) is 0 Å². The number of hydrogen-bond acceptors (Lipinski definition) is 3. The van der Waals surface area contributed by atoms with E-state index in [2.05, 4.69) is 0 Å². The van der Waals surface area contributed by atoms with E-state index >= 15 is 0 Å². The third kappa shape index (κ3) is 1.29. The van der Waals surface area contributed by atoms with Gasteiger partial charge in [-0.05, 0) is 30.4 Å². The van der Waals surface area contributed by atoms with Crippen molar-refractivity contribution in [2.75, 3.05) is 0 Å². The molecule has 0 saturated carbocycles. The van der Waals surface area contributed by atoms with Gasteiger partial charge in [-0.1, -0.05) is 0 Å². The molecule has 1 N–H and O–H groups in total. The van der Waals surface area contributed by atoms with Gasteiger partial charge in [0.25, 0.3) is 0 Å². The Kier molecular flexibility index (Phi) is 2.10. The van der Waals surface area contributed by atoms with Crippen molar-refractivity contribution in [1.29, 1.82) is 0 Å². The van der Waals surface area contributed by atoms with Crippen LogP contribution in [0.2, 0.25) is 0 Å². The van der Waals surface area contributed by atoms with Gasteiger partial charge >= 0.3 is 5.97 Å². The molecule has 1 fully saturated rings. The van der Waals surface area contributed by atoms with Crippen LogP contribution in [0.4, 0.5) is 0 Å². The number of hydrogen-bond donors (Lipinski definition) is 1. The number of thiophene rings is 1. The van der Waals surface area contributed by atoms with Crippen LogP contribution in [-0.4, -0.2) is 27.9 Å². The van der Waals surface area contributed by atoms with Crippen molar-refractivity contribution in [1.82, 2.24) is 4.90 Å². The Labute approximate surface area is 103 Å². The molecule has 0 aliphatic carbocycles. The fraction of sp³-hybridized carbons (Fsp3) is 0.500. The van der Waals surface area contributed by atoms with Crippen LogP contribution in [0.25, 0.3) is 0 Å². The molecule has 2 atom stereocenters. The molecular weight excluding hydrogens is 238 g/mol. The molecule has 0 spiro atoms. The van der Waals surface area contributed by atoms with Crippen molar-refractivity contribution in [2.45, 2.75) is 37.8 Å². The zero-order valence-corrected chi connectivity index (χ0v) is 10.3. The Morgan fingerprint density at radius 2 is 2.41 bits per heavy atom. The van der Waals surface area contributed by atoms with E-state index in [0.29, 0.717) is 12.8 Å². The normalized spacial score (nSPS) is 31.2. The molecular formula is C12H13NO3S. The van der Waals surface area contributed by atoms with Gasteiger partial charge in [-0.3, -0.25) is 4.79 Å². The standard InChI is InChI=1S/C12H13NO3S/c1-12-4-2-10(14)13(12)8(11(15)16)6-9-7(12)3-5-17-9/h3,5,8H,2,4,6H2,1H3,(H,15,16)/t8-,12+/m0/s1. The summed E-state index contributed by atoms with van der Waals surface area (Å²) < 4.78 is 0. The largest absolute Gasteiger partial charge is 0.480 e. The summed E-state index contributed by atoms with van der Waals surface area (Å²) in [6, 6.07) is 1.34. The van der Waals surface area contributed by atoms with E-state index in [4.69, 9.17) is 0 Å². The van der Waals surface area contributed by atoms with Gasteiger partial charge in [0.2, 0.25) is 5.91 Å². The summed E-state index contributed by atoms with van der Waals surface area (Å²) in [4.78, 5) is 26.0. The van der Waals surface area contributed by atoms with Crippen LogP contribution in [0.15, 0.2) is 11.4 Å². The Hall–Kier alpha value is -1.36. The van der Waals surface area contributed by atoms with Gasteiger partial charge in [0.15, 0.2) is 0 Å². The molecule has 0 bridgehead atoms. The van der Waals surface area contributed by atoms with Gasteiger partial charge in [-0.15, -0.1) is 11.3 Å². The molecule has 3 heterocycles. The molecule has 90 valence electrons. The van der Waals surface area contributed by atoms with E-state index in [1.54, 1.807) is 16.2 Å². The lowest BCUT2D eigenvalue weighted by molar-refractivity contribution is -0.153. The molecule has 4 nitrogen and oxygen atoms in total. The summed E-state index contributed by atoms with van der Waals surface area (Å²) in [5.41, 5.74) is 0.735. The molecule has 1 aromatic heterocycles. The molecule has 0 aromatic carbocycles. The number of carbonyl (C=O) groups excluding carboxylic acids is 1. The highest BCUT2D eigenvalue weighted by molar-refractivity contribution is 7.10. The Balaban J connectivity index is 2.17. The minimum Gasteiger partial charge on any atom is -0.480 e. The van der Waals surface area contributed by atoms with E-state index in [1.807, 2.05) is 18.4 Å². The zero-order valence-electron chi connectivity index (χ0n) is 9.47. The highest BCUT2D eigenvalue weighted by Gasteiger charge is 2.52. The number of fused-ring (bicyclic) bond motifs is 3. The third-order valence-corrected chi connectivity index (χ3v) is 4.87. The zero-order chi connectivity index (χ0) is 12.2. The molecule has 17 heavy (non-hydrogen) atoms. The SMILES string of the molecule is C[C@]12CCC(=O)N1[C@H](C(=O)O)Cc1sccc12. The van der Waals surface area contributed by atoms with E-state index in [-0.39, 0.29) is 5.91 Å². The lowest BCUT2D eigenvalue weighted by atomic mass is 9.83. The molecule has 0 unspecified atom stereocenters. The summed E-state index contributed by atoms with van der Waals surface area (Å²) in [7, 11) is 0. The highest BCUT2D eigenvalue weighted by Crippen LogP contribution is 2.47. The van der Waals surface area contributed by atoms with Crippen molar-refractivity contribution in [2.24, 2.45) is 0 Å². The van der Waals surface area contributed by atoms with Crippen LogP contribution < -0.4 is 0 Å². The molecule has 0 radical (unpaired) electrons. The maximum absolute atomic E-state index is 11.9. The fourth-order valence-corrected chi connectivity index (χ4v) is 4.13. The Bertz CT molecular complexity index is 510. The van der Waals surface area contributed by atoms with Gasteiger partial charge in [0.1, 0.15) is 6.04 Å². The predicted molar refractivity (Wildman–Crippen MR) is 62.9 cm³/mol. The van der Waals surface area contributed by atoms with Crippen molar-refractivity contribution in [3.63, 3.8) is 0 Å². The quantitative estimate of drug-likeness (QED) is 0.824. The average molecular weight is 251 g/mol. The minimum atomic E-state index is -0.898. The molecule has 3 rings (SSSR count). The van der Waals surface area contributed by atoms with Crippen LogP contribution in [0, 0.1) is 0 Å². The first-order valence-corrected chi connectivity index (χ1v) is 6.54. The predicted octanol–water partition coefficient (Wildman–Crippen LogP) is 1.59. The maximum atomic E-state index is 11.9. The smallest absolute Gasteiger partial charge is 0.326 e. The first-order valence-electron chi connectivity index (χ1n) is 5.66. The number of carboxylic acids is 1. The highest BCUT2D eigenvalue weighted by atomic mass is 32.1. The van der Waals surface area contributed by atoms with Crippen molar-refractivity contribution in [3.8, 4) is 0 Å². The second-order valence-corrected chi connectivity index (χ2v) is 5.85. The van der Waals surface area contributed by atoms with Crippen molar-refractivity contribution in [3.05, 3.63) is 21.9 Å². The van der Waals surface area contributed by atoms with Crippen LogP contribution in [0.5, 0.6) is 0 Å². The molecule has 5 heteroatoms. The van der Waals surface area contributed by atoms with Crippen LogP contribution in [0.3, 0.4) is 0 Å². The monoisotopic (exact) mass is 251 g/mol. The molecule has 1 saturated heterocycles.